The lowest BCUT2D eigenvalue weighted by Crippen LogP contribution is -2.27. The molecule has 0 aromatic heterocycles. The number of halogens is 2. The first-order valence-electron chi connectivity index (χ1n) is 5.95. The molecule has 2 atom stereocenters. The Balaban J connectivity index is 3.74. The predicted octanol–water partition coefficient (Wildman–Crippen LogP) is 1.71. The fourth-order valence-electron chi connectivity index (χ4n) is 1.08. The Morgan fingerprint density at radius 1 is 0.900 bits per heavy atom. The summed E-state index contributed by atoms with van der Waals surface area (Å²) in [6.07, 6.45) is 0.259. The Labute approximate surface area is 145 Å². The lowest BCUT2D eigenvalue weighted by atomic mass is 10.4. The molecule has 0 radical (unpaired) electrons. The second kappa shape index (κ2) is 11.3. The van der Waals surface area contributed by atoms with Crippen LogP contribution in [0.4, 0.5) is 4.79 Å². The van der Waals surface area contributed by atoms with Crippen LogP contribution in [0.3, 0.4) is 0 Å². The first-order chi connectivity index (χ1) is 9.31. The second-order valence-electron chi connectivity index (χ2n) is 3.85. The van der Waals surface area contributed by atoms with Crippen molar-refractivity contribution in [1.82, 2.24) is 10.6 Å². The molecule has 0 spiro atoms. The molecule has 0 aromatic carbocycles. The third-order valence-electron chi connectivity index (χ3n) is 1.94. The molecule has 0 rings (SSSR count). The van der Waals surface area contributed by atoms with Crippen LogP contribution in [0.2, 0.25) is 0 Å². The highest BCUT2D eigenvalue weighted by atomic mass is 127. The number of rotatable bonds is 8. The van der Waals surface area contributed by atoms with Gasteiger partial charge in [-0.05, 0) is 45.2 Å². The number of ether oxygens (including phenoxy) is 2. The van der Waals surface area contributed by atoms with Gasteiger partial charge in [-0.25, -0.2) is 4.79 Å². The lowest BCUT2D eigenvalue weighted by molar-refractivity contribution is -0.119. The first kappa shape index (κ1) is 19.7. The van der Waals surface area contributed by atoms with Crippen LogP contribution < -0.4 is 10.6 Å². The summed E-state index contributed by atoms with van der Waals surface area (Å²) in [5.74, 6) is -0.247. The molecule has 2 unspecified atom stereocenters. The summed E-state index contributed by atoms with van der Waals surface area (Å²) in [7, 11) is 0. The quantitative estimate of drug-likeness (QED) is 0.294. The third kappa shape index (κ3) is 12.7. The van der Waals surface area contributed by atoms with E-state index < -0.39 is 6.16 Å². The molecular formula is C11H18I2N2O5. The Morgan fingerprint density at radius 3 is 1.55 bits per heavy atom. The van der Waals surface area contributed by atoms with Gasteiger partial charge in [0.2, 0.25) is 11.8 Å². The number of carbonyl (C=O) groups is 3. The molecule has 0 fully saturated rings. The molecule has 9 heteroatoms. The van der Waals surface area contributed by atoms with Gasteiger partial charge in [0.1, 0.15) is 0 Å². The standard InChI is InChI=1S/C11H18I2N2O5/c1-7(16)14-5-3-9(12)19-11(18)20-10(13)4-6-15-8(2)17/h9-10H,3-6H2,1-2H3,(H,14,16)(H,15,17). The summed E-state index contributed by atoms with van der Waals surface area (Å²) in [6, 6.07) is 0. The maximum atomic E-state index is 11.4. The van der Waals surface area contributed by atoms with Gasteiger partial charge in [0.15, 0.2) is 8.22 Å². The average molecular weight is 512 g/mol. The van der Waals surface area contributed by atoms with Crippen molar-refractivity contribution in [1.29, 1.82) is 0 Å². The van der Waals surface area contributed by atoms with Crippen molar-refractivity contribution in [3.8, 4) is 0 Å². The third-order valence-corrected chi connectivity index (χ3v) is 3.69. The Bertz CT molecular complexity index is 311. The van der Waals surface area contributed by atoms with Gasteiger partial charge >= 0.3 is 6.16 Å². The average Bonchev–Trinajstić information content (AvgIpc) is 2.26. The van der Waals surface area contributed by atoms with E-state index in [9.17, 15) is 14.4 Å². The minimum atomic E-state index is -0.755. The molecule has 7 nitrogen and oxygen atoms in total. The van der Waals surface area contributed by atoms with E-state index in [0.29, 0.717) is 25.9 Å². The zero-order chi connectivity index (χ0) is 15.5. The molecular weight excluding hydrogens is 494 g/mol. The van der Waals surface area contributed by atoms with Crippen molar-refractivity contribution in [3.05, 3.63) is 0 Å². The van der Waals surface area contributed by atoms with E-state index in [1.54, 1.807) is 0 Å². The van der Waals surface area contributed by atoms with Crippen LogP contribution >= 0.6 is 45.2 Å². The van der Waals surface area contributed by atoms with Crippen LogP contribution in [0, 0.1) is 0 Å². The number of amides is 2. The number of hydrogen-bond donors (Lipinski definition) is 2. The van der Waals surface area contributed by atoms with Gasteiger partial charge in [-0.15, -0.1) is 0 Å². The van der Waals surface area contributed by atoms with Crippen molar-refractivity contribution in [2.24, 2.45) is 0 Å². The molecule has 0 heterocycles. The maximum absolute atomic E-state index is 11.4. The number of alkyl halides is 2. The monoisotopic (exact) mass is 512 g/mol. The van der Waals surface area contributed by atoms with Gasteiger partial charge in [0, 0.05) is 39.8 Å². The summed E-state index contributed by atoms with van der Waals surface area (Å²) < 4.78 is 9.29. The molecule has 0 bridgehead atoms. The lowest BCUT2D eigenvalue weighted by Gasteiger charge is -2.15. The zero-order valence-electron chi connectivity index (χ0n) is 11.3. The molecule has 0 aliphatic heterocycles. The predicted molar refractivity (Wildman–Crippen MR) is 89.8 cm³/mol. The van der Waals surface area contributed by atoms with Gasteiger partial charge in [-0.3, -0.25) is 9.59 Å². The van der Waals surface area contributed by atoms with E-state index in [2.05, 4.69) is 10.6 Å². The van der Waals surface area contributed by atoms with Crippen molar-refractivity contribution >= 4 is 63.2 Å². The Kier molecular flexibility index (Phi) is 11.2. The van der Waals surface area contributed by atoms with Crippen molar-refractivity contribution in [2.45, 2.75) is 34.9 Å². The first-order valence-corrected chi connectivity index (χ1v) is 8.44. The van der Waals surface area contributed by atoms with E-state index in [1.807, 2.05) is 45.2 Å². The number of hydrogen-bond acceptors (Lipinski definition) is 5. The maximum Gasteiger partial charge on any atom is 0.510 e. The summed E-state index contributed by atoms with van der Waals surface area (Å²) in [4.78, 5) is 32.8. The molecule has 0 aliphatic carbocycles. The summed E-state index contributed by atoms with van der Waals surface area (Å²) in [5.41, 5.74) is 0. The fourth-order valence-corrected chi connectivity index (χ4v) is 2.12. The summed E-state index contributed by atoms with van der Waals surface area (Å²) >= 11 is 3.91. The molecule has 0 saturated carbocycles. The molecule has 20 heavy (non-hydrogen) atoms. The minimum Gasteiger partial charge on any atom is -0.420 e. The van der Waals surface area contributed by atoms with Gasteiger partial charge in [0.05, 0.1) is 0 Å². The van der Waals surface area contributed by atoms with Crippen LogP contribution in [-0.4, -0.2) is 39.3 Å². The zero-order valence-corrected chi connectivity index (χ0v) is 15.6. The topological polar surface area (TPSA) is 93.7 Å². The SMILES string of the molecule is CC(=O)NCCC(I)OC(=O)OC(I)CCNC(C)=O. The molecule has 2 amide bonds. The van der Waals surface area contributed by atoms with Gasteiger partial charge in [-0.1, -0.05) is 0 Å². The minimum absolute atomic E-state index is 0.124. The highest BCUT2D eigenvalue weighted by Crippen LogP contribution is 2.13. The number of nitrogens with one attached hydrogen (secondary N) is 2. The van der Waals surface area contributed by atoms with Crippen LogP contribution in [-0.2, 0) is 19.1 Å². The van der Waals surface area contributed by atoms with E-state index in [1.165, 1.54) is 13.8 Å². The highest BCUT2D eigenvalue weighted by molar-refractivity contribution is 14.1. The fraction of sp³-hybridized carbons (Fsp3) is 0.727. The van der Waals surface area contributed by atoms with E-state index >= 15 is 0 Å². The van der Waals surface area contributed by atoms with Crippen LogP contribution in [0.25, 0.3) is 0 Å². The normalized spacial score (nSPS) is 13.0. The summed E-state index contributed by atoms with van der Waals surface area (Å²) in [6.45, 7) is 3.72. The van der Waals surface area contributed by atoms with Crippen LogP contribution in [0.5, 0.6) is 0 Å². The number of carbonyl (C=O) groups excluding carboxylic acids is 3. The molecule has 116 valence electrons. The van der Waals surface area contributed by atoms with Gasteiger partial charge in [0.25, 0.3) is 0 Å². The molecule has 0 aromatic rings. The van der Waals surface area contributed by atoms with Gasteiger partial charge < -0.3 is 20.1 Å². The van der Waals surface area contributed by atoms with E-state index in [0.717, 1.165) is 0 Å². The molecule has 0 saturated heterocycles. The van der Waals surface area contributed by atoms with E-state index in [4.69, 9.17) is 9.47 Å². The Hall–Kier alpha value is -0.330. The highest BCUT2D eigenvalue weighted by Gasteiger charge is 2.16. The van der Waals surface area contributed by atoms with Gasteiger partial charge in [-0.2, -0.15) is 0 Å². The van der Waals surface area contributed by atoms with Crippen LogP contribution in [0.15, 0.2) is 0 Å². The summed E-state index contributed by atoms with van der Waals surface area (Å²) in [5, 5.41) is 5.22. The Morgan fingerprint density at radius 2 is 1.25 bits per heavy atom. The molecule has 2 N–H and O–H groups in total. The largest absolute Gasteiger partial charge is 0.510 e. The smallest absolute Gasteiger partial charge is 0.420 e. The van der Waals surface area contributed by atoms with Crippen molar-refractivity contribution in [2.75, 3.05) is 13.1 Å². The van der Waals surface area contributed by atoms with Crippen molar-refractivity contribution in [3.63, 3.8) is 0 Å². The van der Waals surface area contributed by atoms with Crippen LogP contribution in [0.1, 0.15) is 26.7 Å². The molecule has 0 aliphatic rings. The van der Waals surface area contributed by atoms with E-state index in [-0.39, 0.29) is 20.0 Å². The van der Waals surface area contributed by atoms with Crippen molar-refractivity contribution < 1.29 is 23.9 Å². The second-order valence-corrected chi connectivity index (χ2v) is 6.63.